The zero-order valence-corrected chi connectivity index (χ0v) is 13.5. The van der Waals surface area contributed by atoms with E-state index in [1.54, 1.807) is 0 Å². The van der Waals surface area contributed by atoms with Gasteiger partial charge in [-0.25, -0.2) is 0 Å². The van der Waals surface area contributed by atoms with Gasteiger partial charge in [0.2, 0.25) is 0 Å². The van der Waals surface area contributed by atoms with Gasteiger partial charge in [-0.15, -0.1) is 0 Å². The van der Waals surface area contributed by atoms with Gasteiger partial charge in [0, 0.05) is 13.2 Å². The van der Waals surface area contributed by atoms with Gasteiger partial charge in [-0.3, -0.25) is 9.59 Å². The molecule has 0 fully saturated rings. The lowest BCUT2D eigenvalue weighted by molar-refractivity contribution is -0.155. The summed E-state index contributed by atoms with van der Waals surface area (Å²) in [4.78, 5) is 23.4. The highest BCUT2D eigenvalue weighted by Gasteiger charge is 2.42. The van der Waals surface area contributed by atoms with Crippen LogP contribution in [0.5, 0.6) is 0 Å². The van der Waals surface area contributed by atoms with E-state index in [4.69, 9.17) is 10.2 Å². The summed E-state index contributed by atoms with van der Waals surface area (Å²) in [6, 6.07) is 0. The first kappa shape index (κ1) is 21.0. The Morgan fingerprint density at radius 1 is 0.909 bits per heavy atom. The largest absolute Gasteiger partial charge is 0.480 e. The molecule has 2 unspecified atom stereocenters. The Morgan fingerprint density at radius 3 is 1.91 bits per heavy atom. The van der Waals surface area contributed by atoms with Crippen LogP contribution in [0.15, 0.2) is 0 Å². The lowest BCUT2D eigenvalue weighted by Gasteiger charge is -2.27. The number of Topliss-reactive ketones (excluding diaryl/α,β-unsaturated/α-hetero) is 1. The molecule has 0 saturated heterocycles. The molecule has 22 heavy (non-hydrogen) atoms. The smallest absolute Gasteiger partial charge is 0.317 e. The van der Waals surface area contributed by atoms with Crippen molar-refractivity contribution < 1.29 is 30.0 Å². The number of aliphatic hydroxyl groups is 3. The van der Waals surface area contributed by atoms with Crippen molar-refractivity contribution in [2.75, 3.05) is 13.2 Å². The Hall–Kier alpha value is -0.980. The Morgan fingerprint density at radius 2 is 1.41 bits per heavy atom. The minimum absolute atomic E-state index is 0.0167. The molecule has 6 nitrogen and oxygen atoms in total. The van der Waals surface area contributed by atoms with Crippen LogP contribution in [0.2, 0.25) is 0 Å². The second kappa shape index (κ2) is 11.6. The molecule has 0 rings (SSSR count). The minimum Gasteiger partial charge on any atom is -0.480 e. The number of carboxylic acids is 1. The molecule has 4 N–H and O–H groups in total. The van der Waals surface area contributed by atoms with Crippen molar-refractivity contribution in [1.29, 1.82) is 0 Å². The first-order valence-electron chi connectivity index (χ1n) is 8.05. The van der Waals surface area contributed by atoms with Crippen LogP contribution in [-0.4, -0.2) is 51.5 Å². The molecule has 0 aliphatic carbocycles. The topological polar surface area (TPSA) is 115 Å². The van der Waals surface area contributed by atoms with Crippen LogP contribution in [0.3, 0.4) is 0 Å². The van der Waals surface area contributed by atoms with Crippen molar-refractivity contribution in [3.63, 3.8) is 0 Å². The van der Waals surface area contributed by atoms with E-state index in [0.717, 1.165) is 6.42 Å². The molecule has 0 aromatic carbocycles. The number of carboxylic acid groups (broad SMARTS) is 1. The molecule has 130 valence electrons. The molecule has 0 aliphatic heterocycles. The zero-order valence-electron chi connectivity index (χ0n) is 13.5. The number of aliphatic carboxylic acids is 1. The van der Waals surface area contributed by atoms with Crippen LogP contribution >= 0.6 is 0 Å². The number of unbranched alkanes of at least 4 members (excludes halogenated alkanes) is 2. The van der Waals surface area contributed by atoms with Gasteiger partial charge in [0.15, 0.2) is 0 Å². The molecule has 0 aromatic heterocycles. The monoisotopic (exact) mass is 318 g/mol. The third-order valence-corrected chi connectivity index (χ3v) is 4.18. The van der Waals surface area contributed by atoms with Crippen LogP contribution < -0.4 is 0 Å². The third-order valence-electron chi connectivity index (χ3n) is 4.18. The second-order valence-corrected chi connectivity index (χ2v) is 5.89. The van der Waals surface area contributed by atoms with Gasteiger partial charge >= 0.3 is 5.97 Å². The van der Waals surface area contributed by atoms with Gasteiger partial charge < -0.3 is 20.4 Å². The van der Waals surface area contributed by atoms with E-state index in [0.29, 0.717) is 38.5 Å². The molecular formula is C16H30O6. The summed E-state index contributed by atoms with van der Waals surface area (Å²) >= 11 is 0. The molecule has 0 spiro atoms. The highest BCUT2D eigenvalue weighted by molar-refractivity contribution is 6.01. The van der Waals surface area contributed by atoms with Gasteiger partial charge in [0.1, 0.15) is 11.2 Å². The number of carbonyl (C=O) groups is 2. The number of rotatable bonds is 14. The maximum Gasteiger partial charge on any atom is 0.317 e. The SMILES string of the molecule is CC(=O)C(CCCCO)(CCCC(O)CCCCO)C(=O)O. The molecular weight excluding hydrogens is 288 g/mol. The number of ketones is 1. The first-order valence-corrected chi connectivity index (χ1v) is 8.05. The fourth-order valence-corrected chi connectivity index (χ4v) is 2.66. The highest BCUT2D eigenvalue weighted by Crippen LogP contribution is 2.33. The predicted octanol–water partition coefficient (Wildman–Crippen LogP) is 1.50. The summed E-state index contributed by atoms with van der Waals surface area (Å²) in [6.07, 6.45) is 3.73. The Balaban J connectivity index is 4.45. The molecule has 0 radical (unpaired) electrons. The minimum atomic E-state index is -1.40. The Kier molecular flexibility index (Phi) is 11.1. The normalized spacial score (nSPS) is 15.3. The van der Waals surface area contributed by atoms with E-state index >= 15 is 0 Å². The molecule has 0 aromatic rings. The quantitative estimate of drug-likeness (QED) is 0.285. The van der Waals surface area contributed by atoms with E-state index < -0.39 is 17.5 Å². The van der Waals surface area contributed by atoms with Gasteiger partial charge in [-0.2, -0.15) is 0 Å². The number of carbonyl (C=O) groups excluding carboxylic acids is 1. The van der Waals surface area contributed by atoms with E-state index in [1.165, 1.54) is 6.92 Å². The molecule has 0 bridgehead atoms. The molecule has 0 heterocycles. The molecule has 0 amide bonds. The number of hydrogen-bond donors (Lipinski definition) is 4. The van der Waals surface area contributed by atoms with Crippen LogP contribution in [-0.2, 0) is 9.59 Å². The van der Waals surface area contributed by atoms with Gasteiger partial charge in [0.05, 0.1) is 6.10 Å². The highest BCUT2D eigenvalue weighted by atomic mass is 16.4. The zero-order chi connectivity index (χ0) is 17.0. The second-order valence-electron chi connectivity index (χ2n) is 5.89. The fourth-order valence-electron chi connectivity index (χ4n) is 2.66. The Bertz CT molecular complexity index is 315. The summed E-state index contributed by atoms with van der Waals surface area (Å²) in [6.45, 7) is 1.38. The average Bonchev–Trinajstić information content (AvgIpc) is 2.45. The summed E-state index contributed by atoms with van der Waals surface area (Å²) in [7, 11) is 0. The summed E-state index contributed by atoms with van der Waals surface area (Å²) in [5.74, 6) is -1.49. The number of aliphatic hydroxyl groups excluding tert-OH is 3. The van der Waals surface area contributed by atoms with E-state index in [-0.39, 0.29) is 31.8 Å². The summed E-state index contributed by atoms with van der Waals surface area (Å²) in [5.41, 5.74) is -1.40. The van der Waals surface area contributed by atoms with Crippen LogP contribution in [0.4, 0.5) is 0 Å². The van der Waals surface area contributed by atoms with Crippen molar-refractivity contribution in [2.45, 2.75) is 70.8 Å². The van der Waals surface area contributed by atoms with Crippen molar-refractivity contribution in [1.82, 2.24) is 0 Å². The Labute approximate surface area is 132 Å². The fraction of sp³-hybridized carbons (Fsp3) is 0.875. The van der Waals surface area contributed by atoms with Crippen LogP contribution in [0.25, 0.3) is 0 Å². The maximum absolute atomic E-state index is 11.9. The van der Waals surface area contributed by atoms with Gasteiger partial charge in [-0.1, -0.05) is 0 Å². The van der Waals surface area contributed by atoms with Crippen molar-refractivity contribution >= 4 is 11.8 Å². The van der Waals surface area contributed by atoms with E-state index in [1.807, 2.05) is 0 Å². The van der Waals surface area contributed by atoms with Gasteiger partial charge in [0.25, 0.3) is 0 Å². The summed E-state index contributed by atoms with van der Waals surface area (Å²) in [5, 5.41) is 36.8. The summed E-state index contributed by atoms with van der Waals surface area (Å²) < 4.78 is 0. The average molecular weight is 318 g/mol. The predicted molar refractivity (Wildman–Crippen MR) is 82.5 cm³/mol. The van der Waals surface area contributed by atoms with E-state index in [9.17, 15) is 19.8 Å². The molecule has 0 aliphatic rings. The number of hydrogen-bond acceptors (Lipinski definition) is 5. The van der Waals surface area contributed by atoms with Crippen molar-refractivity contribution in [3.05, 3.63) is 0 Å². The molecule has 0 saturated carbocycles. The lowest BCUT2D eigenvalue weighted by atomic mass is 9.75. The van der Waals surface area contributed by atoms with Crippen molar-refractivity contribution in [3.8, 4) is 0 Å². The molecule has 6 heteroatoms. The standard InChI is InChI=1S/C16H30O6/c1-13(19)16(15(21)22,9-3-5-12-18)10-6-8-14(20)7-2-4-11-17/h14,17-18,20H,2-12H2,1H3,(H,21,22). The third kappa shape index (κ3) is 7.33. The maximum atomic E-state index is 11.9. The molecule has 2 atom stereocenters. The lowest BCUT2D eigenvalue weighted by Crippen LogP contribution is -2.38. The van der Waals surface area contributed by atoms with Crippen LogP contribution in [0.1, 0.15) is 64.7 Å². The van der Waals surface area contributed by atoms with Crippen molar-refractivity contribution in [2.24, 2.45) is 5.41 Å². The van der Waals surface area contributed by atoms with E-state index in [2.05, 4.69) is 0 Å². The first-order chi connectivity index (χ1) is 10.4. The van der Waals surface area contributed by atoms with Gasteiger partial charge in [-0.05, 0) is 64.7 Å². The van der Waals surface area contributed by atoms with Crippen LogP contribution in [0, 0.1) is 5.41 Å².